The maximum atomic E-state index is 11.7. The van der Waals surface area contributed by atoms with Crippen molar-refractivity contribution in [2.75, 3.05) is 20.1 Å². The first-order valence-electron chi connectivity index (χ1n) is 6.97. The van der Waals surface area contributed by atoms with Crippen molar-refractivity contribution in [2.24, 2.45) is 5.92 Å². The molecule has 0 aromatic heterocycles. The largest absolute Gasteiger partial charge is 0.481 e. The van der Waals surface area contributed by atoms with E-state index in [-0.39, 0.29) is 11.8 Å². The van der Waals surface area contributed by atoms with Gasteiger partial charge in [-0.1, -0.05) is 18.2 Å². The minimum Gasteiger partial charge on any atom is -0.481 e. The quantitative estimate of drug-likeness (QED) is 0.909. The molecule has 3 heteroatoms. The SMILES string of the molecule is Cc1ccc(C(C(=O)O)C2CCN(C)CC2)cc1C. The van der Waals surface area contributed by atoms with Gasteiger partial charge in [0.25, 0.3) is 0 Å². The molecule has 1 unspecified atom stereocenters. The molecule has 19 heavy (non-hydrogen) atoms. The fraction of sp³-hybridized carbons (Fsp3) is 0.562. The fourth-order valence-corrected chi connectivity index (χ4v) is 2.94. The van der Waals surface area contributed by atoms with E-state index in [2.05, 4.69) is 18.9 Å². The summed E-state index contributed by atoms with van der Waals surface area (Å²) in [6.45, 7) is 6.11. The Hall–Kier alpha value is -1.35. The second kappa shape index (κ2) is 5.74. The molecule has 104 valence electrons. The van der Waals surface area contributed by atoms with E-state index < -0.39 is 5.97 Å². The first kappa shape index (κ1) is 14.1. The zero-order valence-corrected chi connectivity index (χ0v) is 12.0. The van der Waals surface area contributed by atoms with Gasteiger partial charge in [-0.2, -0.15) is 0 Å². The molecule has 1 heterocycles. The summed E-state index contributed by atoms with van der Waals surface area (Å²) >= 11 is 0. The Bertz CT molecular complexity index is 462. The molecule has 0 saturated carbocycles. The van der Waals surface area contributed by atoms with E-state index >= 15 is 0 Å². The monoisotopic (exact) mass is 261 g/mol. The normalized spacial score (nSPS) is 19.3. The number of hydrogen-bond donors (Lipinski definition) is 1. The highest BCUT2D eigenvalue weighted by atomic mass is 16.4. The Labute approximate surface area is 115 Å². The van der Waals surface area contributed by atoms with Crippen LogP contribution in [0.5, 0.6) is 0 Å². The highest BCUT2D eigenvalue weighted by Gasteiger charge is 2.31. The van der Waals surface area contributed by atoms with Crippen LogP contribution in [0.15, 0.2) is 18.2 Å². The highest BCUT2D eigenvalue weighted by Crippen LogP contribution is 2.33. The van der Waals surface area contributed by atoms with E-state index in [9.17, 15) is 9.90 Å². The smallest absolute Gasteiger partial charge is 0.311 e. The van der Waals surface area contributed by atoms with Gasteiger partial charge in [0.1, 0.15) is 0 Å². The predicted octanol–water partition coefficient (Wildman–Crippen LogP) is 2.81. The molecule has 1 N–H and O–H groups in total. The Kier molecular flexibility index (Phi) is 4.25. The number of carbonyl (C=O) groups is 1. The number of hydrogen-bond acceptors (Lipinski definition) is 2. The van der Waals surface area contributed by atoms with Gasteiger partial charge in [-0.05, 0) is 69.4 Å². The molecule has 1 aromatic rings. The molecule has 1 saturated heterocycles. The van der Waals surface area contributed by atoms with Crippen molar-refractivity contribution in [3.63, 3.8) is 0 Å². The van der Waals surface area contributed by atoms with E-state index in [0.29, 0.717) is 0 Å². The van der Waals surface area contributed by atoms with Crippen molar-refractivity contribution in [3.05, 3.63) is 34.9 Å². The van der Waals surface area contributed by atoms with Gasteiger partial charge in [0, 0.05) is 0 Å². The first-order chi connectivity index (χ1) is 8.99. The molecule has 0 spiro atoms. The Balaban J connectivity index is 2.24. The van der Waals surface area contributed by atoms with Gasteiger partial charge in [0.05, 0.1) is 5.92 Å². The highest BCUT2D eigenvalue weighted by molar-refractivity contribution is 5.76. The van der Waals surface area contributed by atoms with Crippen LogP contribution in [0.25, 0.3) is 0 Å². The minimum absolute atomic E-state index is 0.260. The Morgan fingerprint density at radius 1 is 1.26 bits per heavy atom. The lowest BCUT2D eigenvalue weighted by Gasteiger charge is -2.32. The zero-order valence-electron chi connectivity index (χ0n) is 12.0. The molecular formula is C16H23NO2. The number of aryl methyl sites for hydroxylation is 2. The van der Waals surface area contributed by atoms with Crippen LogP contribution in [0.4, 0.5) is 0 Å². The van der Waals surface area contributed by atoms with Crippen LogP contribution in [-0.2, 0) is 4.79 Å². The number of piperidine rings is 1. The van der Waals surface area contributed by atoms with Crippen LogP contribution in [-0.4, -0.2) is 36.1 Å². The molecule has 1 aromatic carbocycles. The van der Waals surface area contributed by atoms with Gasteiger partial charge in [0.15, 0.2) is 0 Å². The van der Waals surface area contributed by atoms with Gasteiger partial charge in [-0.25, -0.2) is 0 Å². The molecular weight excluding hydrogens is 238 g/mol. The van der Waals surface area contributed by atoms with E-state index in [1.165, 1.54) is 11.1 Å². The van der Waals surface area contributed by atoms with Gasteiger partial charge in [-0.3, -0.25) is 4.79 Å². The number of benzene rings is 1. The van der Waals surface area contributed by atoms with Crippen LogP contribution in [0.1, 0.15) is 35.4 Å². The summed E-state index contributed by atoms with van der Waals surface area (Å²) in [5, 5.41) is 9.59. The van der Waals surface area contributed by atoms with Crippen molar-refractivity contribution >= 4 is 5.97 Å². The molecule has 1 atom stereocenters. The average molecular weight is 261 g/mol. The molecule has 0 amide bonds. The molecule has 0 radical (unpaired) electrons. The first-order valence-corrected chi connectivity index (χ1v) is 6.97. The number of carboxylic acid groups (broad SMARTS) is 1. The van der Waals surface area contributed by atoms with E-state index in [4.69, 9.17) is 0 Å². The van der Waals surface area contributed by atoms with Crippen LogP contribution >= 0.6 is 0 Å². The Morgan fingerprint density at radius 3 is 2.42 bits per heavy atom. The van der Waals surface area contributed by atoms with Crippen molar-refractivity contribution in [3.8, 4) is 0 Å². The fourth-order valence-electron chi connectivity index (χ4n) is 2.94. The summed E-state index contributed by atoms with van der Waals surface area (Å²) in [5.74, 6) is -0.776. The van der Waals surface area contributed by atoms with E-state index in [1.54, 1.807) is 0 Å². The second-order valence-corrected chi connectivity index (χ2v) is 5.80. The third kappa shape index (κ3) is 3.16. The minimum atomic E-state index is -0.683. The zero-order chi connectivity index (χ0) is 14.0. The molecule has 1 fully saturated rings. The number of rotatable bonds is 3. The van der Waals surface area contributed by atoms with Crippen molar-refractivity contribution in [1.82, 2.24) is 4.90 Å². The molecule has 3 nitrogen and oxygen atoms in total. The third-order valence-electron chi connectivity index (χ3n) is 4.39. The van der Waals surface area contributed by atoms with Crippen LogP contribution < -0.4 is 0 Å². The van der Waals surface area contributed by atoms with Gasteiger partial charge in [0.2, 0.25) is 0 Å². The van der Waals surface area contributed by atoms with Crippen molar-refractivity contribution in [1.29, 1.82) is 0 Å². The van der Waals surface area contributed by atoms with Crippen LogP contribution in [0, 0.1) is 19.8 Å². The second-order valence-electron chi connectivity index (χ2n) is 5.80. The summed E-state index contributed by atoms with van der Waals surface area (Å²) in [4.78, 5) is 13.9. The summed E-state index contributed by atoms with van der Waals surface area (Å²) in [5.41, 5.74) is 3.36. The summed E-state index contributed by atoms with van der Waals surface area (Å²) in [6, 6.07) is 6.07. The number of carboxylic acids is 1. The topological polar surface area (TPSA) is 40.5 Å². The lowest BCUT2D eigenvalue weighted by Crippen LogP contribution is -2.35. The lowest BCUT2D eigenvalue weighted by molar-refractivity contribution is -0.140. The standard InChI is InChI=1S/C16H23NO2/c1-11-4-5-14(10-12(11)2)15(16(18)19)13-6-8-17(3)9-7-13/h4-5,10,13,15H,6-9H2,1-3H3,(H,18,19). The molecule has 2 rings (SSSR count). The summed E-state index contributed by atoms with van der Waals surface area (Å²) in [6.07, 6.45) is 1.95. The van der Waals surface area contributed by atoms with E-state index in [0.717, 1.165) is 31.5 Å². The van der Waals surface area contributed by atoms with Gasteiger partial charge >= 0.3 is 5.97 Å². The summed E-state index contributed by atoms with van der Waals surface area (Å²) < 4.78 is 0. The van der Waals surface area contributed by atoms with Crippen LogP contribution in [0.2, 0.25) is 0 Å². The summed E-state index contributed by atoms with van der Waals surface area (Å²) in [7, 11) is 2.10. The molecule has 0 bridgehead atoms. The number of aliphatic carboxylic acids is 1. The van der Waals surface area contributed by atoms with Crippen LogP contribution in [0.3, 0.4) is 0 Å². The average Bonchev–Trinajstić information content (AvgIpc) is 2.36. The lowest BCUT2D eigenvalue weighted by atomic mass is 9.79. The molecule has 0 aliphatic carbocycles. The molecule has 1 aliphatic heterocycles. The van der Waals surface area contributed by atoms with Crippen molar-refractivity contribution in [2.45, 2.75) is 32.6 Å². The number of likely N-dealkylation sites (tertiary alicyclic amines) is 1. The van der Waals surface area contributed by atoms with Crippen molar-refractivity contribution < 1.29 is 9.90 Å². The maximum absolute atomic E-state index is 11.7. The number of nitrogens with zero attached hydrogens (tertiary/aromatic N) is 1. The van der Waals surface area contributed by atoms with Gasteiger partial charge in [-0.15, -0.1) is 0 Å². The van der Waals surface area contributed by atoms with Gasteiger partial charge < -0.3 is 10.0 Å². The molecule has 1 aliphatic rings. The third-order valence-corrected chi connectivity index (χ3v) is 4.39. The maximum Gasteiger partial charge on any atom is 0.311 e. The van der Waals surface area contributed by atoms with E-state index in [1.807, 2.05) is 25.1 Å². The predicted molar refractivity (Wildman–Crippen MR) is 76.5 cm³/mol. The Morgan fingerprint density at radius 2 is 1.89 bits per heavy atom.